The second-order valence-corrected chi connectivity index (χ2v) is 6.92. The van der Waals surface area contributed by atoms with E-state index in [4.69, 9.17) is 4.74 Å². The fraction of sp³-hybridized carbons (Fsp3) is 0.700. The summed E-state index contributed by atoms with van der Waals surface area (Å²) in [5.41, 5.74) is 1.06. The molecule has 24 heavy (non-hydrogen) atoms. The average molecular weight is 335 g/mol. The van der Waals surface area contributed by atoms with E-state index in [0.717, 1.165) is 18.5 Å². The zero-order chi connectivity index (χ0) is 17.2. The van der Waals surface area contributed by atoms with Crippen LogP contribution in [0, 0.1) is 0 Å². The summed E-state index contributed by atoms with van der Waals surface area (Å²) in [6, 6.07) is 9.89. The maximum atomic E-state index is 10.3. The molecule has 1 aliphatic rings. The zero-order valence-corrected chi connectivity index (χ0v) is 14.9. The number of aliphatic hydroxyl groups is 2. The minimum Gasteiger partial charge on any atom is -0.389 e. The molecule has 1 saturated heterocycles. The quantitative estimate of drug-likeness (QED) is 0.646. The van der Waals surface area contributed by atoms with Crippen LogP contribution in [-0.2, 0) is 11.3 Å². The van der Waals surface area contributed by atoms with Crippen molar-refractivity contribution in [1.82, 2.24) is 4.90 Å². The van der Waals surface area contributed by atoms with Crippen LogP contribution in [0.3, 0.4) is 0 Å². The molecule has 0 spiro atoms. The van der Waals surface area contributed by atoms with Gasteiger partial charge in [0.15, 0.2) is 0 Å². The molecule has 0 amide bonds. The lowest BCUT2D eigenvalue weighted by Gasteiger charge is -2.39. The zero-order valence-electron chi connectivity index (χ0n) is 14.9. The number of hydrogen-bond donors (Lipinski definition) is 2. The van der Waals surface area contributed by atoms with Crippen LogP contribution in [0.2, 0.25) is 0 Å². The lowest BCUT2D eigenvalue weighted by Crippen LogP contribution is -2.56. The number of likely N-dealkylation sites (tertiary alicyclic amines) is 1. The van der Waals surface area contributed by atoms with E-state index in [-0.39, 0.29) is 0 Å². The number of piperidine rings is 1. The molecule has 0 bridgehead atoms. The predicted octanol–water partition coefficient (Wildman–Crippen LogP) is 2.97. The van der Waals surface area contributed by atoms with Crippen LogP contribution in [-0.4, -0.2) is 53.1 Å². The van der Waals surface area contributed by atoms with Gasteiger partial charge < -0.3 is 14.9 Å². The van der Waals surface area contributed by atoms with Gasteiger partial charge in [0.2, 0.25) is 0 Å². The highest BCUT2D eigenvalue weighted by Crippen LogP contribution is 2.18. The lowest BCUT2D eigenvalue weighted by molar-refractivity contribution is -0.144. The van der Waals surface area contributed by atoms with E-state index in [9.17, 15) is 10.2 Å². The third-order valence-electron chi connectivity index (χ3n) is 4.76. The summed E-state index contributed by atoms with van der Waals surface area (Å²) >= 11 is 0. The van der Waals surface area contributed by atoms with Gasteiger partial charge in [-0.1, -0.05) is 69.4 Å². The molecule has 0 aromatic heterocycles. The van der Waals surface area contributed by atoms with Gasteiger partial charge in [-0.25, -0.2) is 0 Å². The Bertz CT molecular complexity index is 428. The summed E-state index contributed by atoms with van der Waals surface area (Å²) in [6.45, 7) is 4.78. The number of benzene rings is 1. The number of ether oxygens (including phenoxy) is 1. The van der Waals surface area contributed by atoms with E-state index in [1.165, 1.54) is 32.1 Å². The first-order valence-corrected chi connectivity index (χ1v) is 9.44. The van der Waals surface area contributed by atoms with Gasteiger partial charge in [0, 0.05) is 13.1 Å². The first-order chi connectivity index (χ1) is 11.7. The normalized spacial score (nSPS) is 25.0. The predicted molar refractivity (Wildman–Crippen MR) is 96.8 cm³/mol. The van der Waals surface area contributed by atoms with Crippen molar-refractivity contribution in [2.24, 2.45) is 0 Å². The van der Waals surface area contributed by atoms with Gasteiger partial charge in [0.25, 0.3) is 0 Å². The number of nitrogens with zero attached hydrogens (tertiary/aromatic N) is 1. The van der Waals surface area contributed by atoms with Crippen LogP contribution in [0.4, 0.5) is 0 Å². The van der Waals surface area contributed by atoms with Crippen LogP contribution in [0.25, 0.3) is 0 Å². The van der Waals surface area contributed by atoms with Crippen LogP contribution in [0.15, 0.2) is 30.3 Å². The molecule has 1 heterocycles. The molecule has 4 heteroatoms. The number of rotatable bonds is 10. The van der Waals surface area contributed by atoms with Crippen molar-refractivity contribution in [1.29, 1.82) is 0 Å². The van der Waals surface area contributed by atoms with Gasteiger partial charge in [0.05, 0.1) is 18.8 Å². The van der Waals surface area contributed by atoms with Gasteiger partial charge in [-0.2, -0.15) is 0 Å². The van der Waals surface area contributed by atoms with Crippen LogP contribution in [0.1, 0.15) is 51.0 Å². The highest BCUT2D eigenvalue weighted by atomic mass is 16.5. The molecule has 0 radical (unpaired) electrons. The lowest BCUT2D eigenvalue weighted by atomic mass is 10.0. The van der Waals surface area contributed by atoms with Gasteiger partial charge in [-0.05, 0) is 18.5 Å². The number of hydrogen-bond acceptors (Lipinski definition) is 4. The standard InChI is InChI=1S/C20H33NO3/c1-2-3-4-5-6-10-13-21-14-18(22)20(19(23)15-21)24-16-17-11-8-7-9-12-17/h7-9,11-12,18-20,22-23H,2-6,10,13-16H2,1H3/t18-,19?,20?/m0/s1. The third-order valence-corrected chi connectivity index (χ3v) is 4.76. The number of unbranched alkanes of at least 4 members (excludes halogenated alkanes) is 5. The molecule has 2 unspecified atom stereocenters. The van der Waals surface area contributed by atoms with Crippen LogP contribution in [0.5, 0.6) is 0 Å². The molecule has 2 N–H and O–H groups in total. The largest absolute Gasteiger partial charge is 0.389 e. The Hall–Kier alpha value is -0.940. The molecular weight excluding hydrogens is 302 g/mol. The first kappa shape index (κ1) is 19.4. The molecule has 3 atom stereocenters. The Labute approximate surface area is 146 Å². The molecule has 136 valence electrons. The molecule has 1 aromatic carbocycles. The van der Waals surface area contributed by atoms with Crippen LogP contribution >= 0.6 is 0 Å². The second kappa shape index (κ2) is 10.8. The smallest absolute Gasteiger partial charge is 0.112 e. The van der Waals surface area contributed by atoms with Crippen molar-refractivity contribution >= 4 is 0 Å². The van der Waals surface area contributed by atoms with E-state index in [1.54, 1.807) is 0 Å². The Morgan fingerprint density at radius 3 is 2.25 bits per heavy atom. The third kappa shape index (κ3) is 6.52. The van der Waals surface area contributed by atoms with Gasteiger partial charge in [0.1, 0.15) is 6.10 Å². The summed E-state index contributed by atoms with van der Waals surface area (Å²) in [5.74, 6) is 0. The Balaban J connectivity index is 1.67. The van der Waals surface area contributed by atoms with Crippen LogP contribution < -0.4 is 0 Å². The summed E-state index contributed by atoms with van der Waals surface area (Å²) in [5, 5.41) is 20.7. The maximum Gasteiger partial charge on any atom is 0.112 e. The minimum atomic E-state index is -0.627. The summed E-state index contributed by atoms with van der Waals surface area (Å²) in [6.07, 6.45) is 5.82. The number of aliphatic hydroxyl groups excluding tert-OH is 2. The van der Waals surface area contributed by atoms with Crippen molar-refractivity contribution in [3.8, 4) is 0 Å². The first-order valence-electron chi connectivity index (χ1n) is 9.44. The van der Waals surface area contributed by atoms with Gasteiger partial charge in [-0.15, -0.1) is 0 Å². The average Bonchev–Trinajstić information content (AvgIpc) is 2.58. The number of β-amino-alcohol motifs (C(OH)–C–C–N with tert-alkyl or cyclic N) is 2. The Morgan fingerprint density at radius 1 is 0.958 bits per heavy atom. The van der Waals surface area contributed by atoms with E-state index < -0.39 is 18.3 Å². The van der Waals surface area contributed by atoms with Gasteiger partial charge in [-0.3, -0.25) is 4.90 Å². The monoisotopic (exact) mass is 335 g/mol. The molecule has 1 aromatic rings. The Kier molecular flexibility index (Phi) is 8.75. The van der Waals surface area contributed by atoms with Crippen molar-refractivity contribution in [3.63, 3.8) is 0 Å². The molecule has 0 aliphatic carbocycles. The fourth-order valence-corrected chi connectivity index (χ4v) is 3.35. The topological polar surface area (TPSA) is 52.9 Å². The van der Waals surface area contributed by atoms with E-state index >= 15 is 0 Å². The SMILES string of the molecule is CCCCCCCCN1CC(O)C(OCc2ccccc2)[C@@H](O)C1. The van der Waals surface area contributed by atoms with E-state index in [2.05, 4.69) is 11.8 Å². The van der Waals surface area contributed by atoms with Crippen molar-refractivity contribution in [2.75, 3.05) is 19.6 Å². The fourth-order valence-electron chi connectivity index (χ4n) is 3.35. The summed E-state index contributed by atoms with van der Waals surface area (Å²) < 4.78 is 5.79. The Morgan fingerprint density at radius 2 is 1.58 bits per heavy atom. The molecule has 2 rings (SSSR count). The summed E-state index contributed by atoms with van der Waals surface area (Å²) in [4.78, 5) is 2.16. The highest BCUT2D eigenvalue weighted by molar-refractivity contribution is 5.13. The molecule has 0 saturated carbocycles. The maximum absolute atomic E-state index is 10.3. The van der Waals surface area contributed by atoms with E-state index in [0.29, 0.717) is 19.7 Å². The van der Waals surface area contributed by atoms with Gasteiger partial charge >= 0.3 is 0 Å². The molecule has 1 aliphatic heterocycles. The second-order valence-electron chi connectivity index (χ2n) is 6.92. The highest BCUT2D eigenvalue weighted by Gasteiger charge is 2.35. The molecule has 1 fully saturated rings. The molecular formula is C20H33NO3. The minimum absolute atomic E-state index is 0.428. The van der Waals surface area contributed by atoms with Crippen molar-refractivity contribution < 1.29 is 14.9 Å². The summed E-state index contributed by atoms with van der Waals surface area (Å²) in [7, 11) is 0. The molecule has 4 nitrogen and oxygen atoms in total. The van der Waals surface area contributed by atoms with Crippen molar-refractivity contribution in [2.45, 2.75) is 70.4 Å². The van der Waals surface area contributed by atoms with Crippen molar-refractivity contribution in [3.05, 3.63) is 35.9 Å². The van der Waals surface area contributed by atoms with E-state index in [1.807, 2.05) is 30.3 Å².